The number of hydrogen-bond acceptors (Lipinski definition) is 4. The highest BCUT2D eigenvalue weighted by molar-refractivity contribution is 8.00. The molecule has 1 aliphatic rings. The van der Waals surface area contributed by atoms with E-state index in [1.165, 1.54) is 12.1 Å². The largest absolute Gasteiger partial charge is 0.325 e. The fourth-order valence-corrected chi connectivity index (χ4v) is 4.08. The van der Waals surface area contributed by atoms with Crippen LogP contribution >= 0.6 is 11.8 Å². The summed E-state index contributed by atoms with van der Waals surface area (Å²) in [4.78, 5) is 12.8. The second-order valence-electron chi connectivity index (χ2n) is 6.42. The first-order chi connectivity index (χ1) is 12.6. The number of halogens is 1. The van der Waals surface area contributed by atoms with E-state index in [9.17, 15) is 9.18 Å². The van der Waals surface area contributed by atoms with E-state index in [2.05, 4.69) is 20.8 Å². The van der Waals surface area contributed by atoms with Crippen molar-refractivity contribution in [2.24, 2.45) is 0 Å². The molecule has 0 saturated carbocycles. The van der Waals surface area contributed by atoms with E-state index in [4.69, 9.17) is 0 Å². The first kappa shape index (κ1) is 17.1. The Morgan fingerprint density at radius 2 is 2.08 bits per heavy atom. The third-order valence-corrected chi connectivity index (χ3v) is 6.17. The number of carbonyl (C=O) groups is 1. The summed E-state index contributed by atoms with van der Waals surface area (Å²) in [6, 6.07) is 11.9. The summed E-state index contributed by atoms with van der Waals surface area (Å²) in [6.07, 6.45) is 2.78. The molecule has 0 spiro atoms. The summed E-state index contributed by atoms with van der Waals surface area (Å²) in [5.74, 6) is -0.268. The van der Waals surface area contributed by atoms with Crippen molar-refractivity contribution < 1.29 is 9.18 Å². The molecule has 0 bridgehead atoms. The van der Waals surface area contributed by atoms with Gasteiger partial charge >= 0.3 is 0 Å². The topological polar surface area (TPSA) is 69.8 Å². The number of nitrogens with zero attached hydrogens (tertiary/aromatic N) is 1. The van der Waals surface area contributed by atoms with E-state index in [0.717, 1.165) is 40.8 Å². The van der Waals surface area contributed by atoms with Gasteiger partial charge in [-0.1, -0.05) is 0 Å². The Labute approximate surface area is 154 Å². The van der Waals surface area contributed by atoms with Crippen LogP contribution in [0.25, 0.3) is 22.2 Å². The lowest BCUT2D eigenvalue weighted by Crippen LogP contribution is -2.41. The molecule has 2 aromatic carbocycles. The molecule has 1 unspecified atom stereocenters. The zero-order chi connectivity index (χ0) is 18.1. The van der Waals surface area contributed by atoms with Gasteiger partial charge in [-0.2, -0.15) is 5.10 Å². The minimum atomic E-state index is -0.425. The number of thioether (sulfide) groups is 1. The molecule has 1 fully saturated rings. The van der Waals surface area contributed by atoms with Crippen molar-refractivity contribution in [3.05, 3.63) is 48.3 Å². The van der Waals surface area contributed by atoms with E-state index in [0.29, 0.717) is 6.54 Å². The van der Waals surface area contributed by atoms with E-state index < -0.39 is 4.75 Å². The van der Waals surface area contributed by atoms with Crippen LogP contribution in [0.3, 0.4) is 0 Å². The summed E-state index contributed by atoms with van der Waals surface area (Å²) in [5.41, 5.74) is 3.15. The number of amides is 1. The van der Waals surface area contributed by atoms with Crippen LogP contribution in [-0.2, 0) is 4.79 Å². The number of rotatable bonds is 4. The summed E-state index contributed by atoms with van der Waals surface area (Å²) >= 11 is 1.59. The fourth-order valence-electron chi connectivity index (χ4n) is 3.29. The molecule has 0 aliphatic carbocycles. The van der Waals surface area contributed by atoms with Gasteiger partial charge in [-0.05, 0) is 61.7 Å². The van der Waals surface area contributed by atoms with Crippen molar-refractivity contribution >= 4 is 34.3 Å². The van der Waals surface area contributed by atoms with Gasteiger partial charge in [-0.15, -0.1) is 11.8 Å². The molecular weight excluding hydrogens is 351 g/mol. The molecule has 4 rings (SSSR count). The number of aromatic amines is 1. The zero-order valence-electron chi connectivity index (χ0n) is 14.3. The van der Waals surface area contributed by atoms with Crippen LogP contribution in [0.1, 0.15) is 6.42 Å². The molecule has 1 saturated heterocycles. The fraction of sp³-hybridized carbons (Fsp3) is 0.263. The van der Waals surface area contributed by atoms with Crippen LogP contribution < -0.4 is 10.6 Å². The Morgan fingerprint density at radius 1 is 1.27 bits per heavy atom. The lowest BCUT2D eigenvalue weighted by Gasteiger charge is -2.24. The van der Waals surface area contributed by atoms with Gasteiger partial charge in [-0.25, -0.2) is 4.39 Å². The van der Waals surface area contributed by atoms with Crippen LogP contribution in [0.2, 0.25) is 0 Å². The van der Waals surface area contributed by atoms with Crippen molar-refractivity contribution in [1.82, 2.24) is 15.5 Å². The van der Waals surface area contributed by atoms with Crippen molar-refractivity contribution in [1.29, 1.82) is 0 Å². The monoisotopic (exact) mass is 370 g/mol. The maximum atomic E-state index is 13.2. The molecule has 134 valence electrons. The summed E-state index contributed by atoms with van der Waals surface area (Å²) < 4.78 is 12.8. The highest BCUT2D eigenvalue weighted by atomic mass is 32.2. The van der Waals surface area contributed by atoms with Crippen LogP contribution in [-0.4, -0.2) is 40.2 Å². The highest BCUT2D eigenvalue weighted by Crippen LogP contribution is 2.32. The molecule has 1 aliphatic heterocycles. The Balaban J connectivity index is 1.66. The average molecular weight is 370 g/mol. The van der Waals surface area contributed by atoms with Gasteiger partial charge in [0.25, 0.3) is 0 Å². The van der Waals surface area contributed by atoms with Gasteiger partial charge in [0.05, 0.1) is 11.2 Å². The molecule has 3 aromatic rings. The summed E-state index contributed by atoms with van der Waals surface area (Å²) in [6.45, 7) is 1.53. The number of carbonyl (C=O) groups excluding carboxylic acids is 1. The van der Waals surface area contributed by atoms with Crippen LogP contribution in [0.5, 0.6) is 0 Å². The van der Waals surface area contributed by atoms with Gasteiger partial charge in [0.1, 0.15) is 10.6 Å². The molecule has 1 amide bonds. The molecule has 1 atom stereocenters. The van der Waals surface area contributed by atoms with Crippen LogP contribution in [0.4, 0.5) is 10.1 Å². The van der Waals surface area contributed by atoms with Gasteiger partial charge in [0, 0.05) is 23.2 Å². The van der Waals surface area contributed by atoms with Crippen LogP contribution in [0.15, 0.2) is 42.5 Å². The second-order valence-corrected chi connectivity index (χ2v) is 7.61. The van der Waals surface area contributed by atoms with E-state index in [1.54, 1.807) is 23.9 Å². The Bertz CT molecular complexity index is 948. The quantitative estimate of drug-likeness (QED) is 0.658. The average Bonchev–Trinajstić information content (AvgIpc) is 3.30. The van der Waals surface area contributed by atoms with Crippen LogP contribution in [0, 0.1) is 5.82 Å². The normalized spacial score (nSPS) is 19.8. The van der Waals surface area contributed by atoms with Gasteiger partial charge in [0.15, 0.2) is 0 Å². The van der Waals surface area contributed by atoms with Crippen molar-refractivity contribution in [3.63, 3.8) is 0 Å². The predicted octanol–water partition coefficient (Wildman–Crippen LogP) is 3.40. The molecule has 26 heavy (non-hydrogen) atoms. The smallest absolute Gasteiger partial charge is 0.241 e. The minimum absolute atomic E-state index is 0.0150. The molecule has 7 heteroatoms. The number of hydrogen-bond donors (Lipinski definition) is 3. The lowest BCUT2D eigenvalue weighted by molar-refractivity contribution is -0.118. The van der Waals surface area contributed by atoms with E-state index in [-0.39, 0.29) is 11.7 Å². The lowest BCUT2D eigenvalue weighted by atomic mass is 10.1. The third kappa shape index (κ3) is 2.97. The number of nitrogens with one attached hydrogen (secondary N) is 3. The van der Waals surface area contributed by atoms with E-state index in [1.807, 2.05) is 24.5 Å². The Hall–Kier alpha value is -2.38. The first-order valence-electron chi connectivity index (χ1n) is 8.43. The van der Waals surface area contributed by atoms with E-state index >= 15 is 0 Å². The maximum Gasteiger partial charge on any atom is 0.241 e. The SMILES string of the molecule is CSC1(C(=O)Nc2ccc3[nH]nc(-c4ccc(F)cc4)c3c2)CCNC1. The van der Waals surface area contributed by atoms with Crippen molar-refractivity contribution in [3.8, 4) is 11.3 Å². The maximum absolute atomic E-state index is 13.2. The van der Waals surface area contributed by atoms with Gasteiger partial charge in [-0.3, -0.25) is 9.89 Å². The van der Waals surface area contributed by atoms with Gasteiger partial charge < -0.3 is 10.6 Å². The van der Waals surface area contributed by atoms with Crippen molar-refractivity contribution in [2.45, 2.75) is 11.2 Å². The molecule has 1 aromatic heterocycles. The number of anilines is 1. The first-order valence-corrected chi connectivity index (χ1v) is 9.65. The third-order valence-electron chi connectivity index (χ3n) is 4.86. The number of fused-ring (bicyclic) bond motifs is 1. The molecular formula is C19H19FN4OS. The summed E-state index contributed by atoms with van der Waals surface area (Å²) in [5, 5.41) is 14.5. The number of benzene rings is 2. The molecule has 3 N–H and O–H groups in total. The molecule has 5 nitrogen and oxygen atoms in total. The minimum Gasteiger partial charge on any atom is -0.325 e. The standard InChI is InChI=1S/C19H19FN4OS/c1-26-19(8-9-21-11-19)18(25)22-14-6-7-16-15(10-14)17(24-23-16)12-2-4-13(20)5-3-12/h2-7,10,21H,8-9,11H2,1H3,(H,22,25)(H,23,24). The van der Waals surface area contributed by atoms with Gasteiger partial charge in [0.2, 0.25) is 5.91 Å². The molecule has 0 radical (unpaired) electrons. The molecule has 2 heterocycles. The Kier molecular flexibility index (Phi) is 4.42. The summed E-state index contributed by atoms with van der Waals surface area (Å²) in [7, 11) is 0. The predicted molar refractivity (Wildman–Crippen MR) is 104 cm³/mol. The van der Waals surface area contributed by atoms with Crippen molar-refractivity contribution in [2.75, 3.05) is 24.7 Å². The Morgan fingerprint density at radius 3 is 2.77 bits per heavy atom. The number of aromatic nitrogens is 2. The number of H-pyrrole nitrogens is 1. The zero-order valence-corrected chi connectivity index (χ0v) is 15.1. The second kappa shape index (κ2) is 6.74. The highest BCUT2D eigenvalue weighted by Gasteiger charge is 2.40.